The monoisotopic (exact) mass is 449 g/mol. The Balaban J connectivity index is 1.41. The molecule has 6 aromatic rings. The number of tetrazole rings is 1. The van der Waals surface area contributed by atoms with Crippen LogP contribution in [-0.4, -0.2) is 44.8 Å². The van der Waals surface area contributed by atoms with E-state index < -0.39 is 6.43 Å². The lowest BCUT2D eigenvalue weighted by Crippen LogP contribution is -2.05. The van der Waals surface area contributed by atoms with Gasteiger partial charge in [-0.3, -0.25) is 0 Å². The zero-order valence-electron chi connectivity index (χ0n) is 16.5. The van der Waals surface area contributed by atoms with Crippen molar-refractivity contribution in [3.05, 3.63) is 59.8 Å². The minimum atomic E-state index is -2.63. The molecule has 0 spiro atoms. The molecule has 12 heteroatoms. The second-order valence-electron chi connectivity index (χ2n) is 7.17. The Morgan fingerprint density at radius 3 is 2.75 bits per heavy atom. The van der Waals surface area contributed by atoms with Gasteiger partial charge in [0.05, 0.1) is 5.52 Å². The van der Waals surface area contributed by atoms with Gasteiger partial charge in [0.15, 0.2) is 11.5 Å². The molecule has 5 heterocycles. The maximum absolute atomic E-state index is 13.2. The molecule has 32 heavy (non-hydrogen) atoms. The lowest BCUT2D eigenvalue weighted by molar-refractivity contribution is 0.146. The largest absolute Gasteiger partial charge is 0.280 e. The minimum Gasteiger partial charge on any atom is -0.236 e. The highest BCUT2D eigenvalue weighted by atomic mass is 32.1. The molecule has 1 aromatic carbocycles. The van der Waals surface area contributed by atoms with Gasteiger partial charge in [-0.05, 0) is 23.8 Å². The molecule has 5 aromatic heterocycles. The smallest absolute Gasteiger partial charge is 0.236 e. The summed E-state index contributed by atoms with van der Waals surface area (Å²) in [5.41, 5.74) is 2.57. The average molecular weight is 449 g/mol. The van der Waals surface area contributed by atoms with Crippen molar-refractivity contribution in [3.63, 3.8) is 0 Å². The molecule has 0 aliphatic rings. The first-order chi connectivity index (χ1) is 15.6. The summed E-state index contributed by atoms with van der Waals surface area (Å²) >= 11 is 1.28. The summed E-state index contributed by atoms with van der Waals surface area (Å²) in [5.74, 6) is 0.992. The van der Waals surface area contributed by atoms with E-state index in [0.717, 1.165) is 15.6 Å². The Kier molecular flexibility index (Phi) is 4.15. The number of halogens is 2. The van der Waals surface area contributed by atoms with Crippen LogP contribution in [-0.2, 0) is 6.54 Å². The van der Waals surface area contributed by atoms with Crippen LogP contribution < -0.4 is 0 Å². The number of pyridine rings is 1. The number of nitrogens with zero attached hydrogens (tertiary/aromatic N) is 9. The van der Waals surface area contributed by atoms with Crippen molar-refractivity contribution in [1.82, 2.24) is 44.8 Å². The fraction of sp³-hybridized carbons (Fsp3) is 0.150. The van der Waals surface area contributed by atoms with Crippen LogP contribution in [0.3, 0.4) is 0 Å². The van der Waals surface area contributed by atoms with Gasteiger partial charge in [-0.15, -0.1) is 26.6 Å². The number of thiophene rings is 1. The van der Waals surface area contributed by atoms with Crippen molar-refractivity contribution in [3.8, 4) is 11.4 Å². The quantitative estimate of drug-likeness (QED) is 0.403. The Labute approximate surface area is 182 Å². The van der Waals surface area contributed by atoms with E-state index in [9.17, 15) is 8.78 Å². The summed E-state index contributed by atoms with van der Waals surface area (Å²) < 4.78 is 28.7. The van der Waals surface area contributed by atoms with Crippen LogP contribution in [0.4, 0.5) is 8.78 Å². The van der Waals surface area contributed by atoms with Crippen molar-refractivity contribution in [2.24, 2.45) is 0 Å². The predicted molar refractivity (Wildman–Crippen MR) is 114 cm³/mol. The van der Waals surface area contributed by atoms with Crippen LogP contribution in [0.1, 0.15) is 23.5 Å². The van der Waals surface area contributed by atoms with E-state index in [4.69, 9.17) is 0 Å². The van der Waals surface area contributed by atoms with E-state index in [2.05, 4.69) is 35.5 Å². The van der Waals surface area contributed by atoms with E-state index >= 15 is 0 Å². The van der Waals surface area contributed by atoms with Gasteiger partial charge in [0.1, 0.15) is 28.1 Å². The molecule has 0 amide bonds. The van der Waals surface area contributed by atoms with Gasteiger partial charge in [-0.2, -0.15) is 4.80 Å². The number of fused-ring (bicyclic) bond motifs is 5. The van der Waals surface area contributed by atoms with Crippen LogP contribution >= 0.6 is 11.3 Å². The van der Waals surface area contributed by atoms with Gasteiger partial charge in [-0.25, -0.2) is 28.2 Å². The third-order valence-electron chi connectivity index (χ3n) is 5.02. The fourth-order valence-corrected chi connectivity index (χ4v) is 4.78. The van der Waals surface area contributed by atoms with E-state index in [1.807, 2.05) is 30.3 Å². The third kappa shape index (κ3) is 2.99. The standard InChI is InChI=1S/C20H13F2N9S/c1-10-7-12(17(21)22)24-20-14(10)15-16(32-20)19-25-13(27-30(19)9-23-15)8-31-28-18(26-29-31)11-5-3-2-4-6-11/h2-7,9,17H,8H2,1H3. The lowest BCUT2D eigenvalue weighted by Gasteiger charge is -2.01. The number of aromatic nitrogens is 9. The van der Waals surface area contributed by atoms with E-state index in [-0.39, 0.29) is 12.2 Å². The topological polar surface area (TPSA) is 99.6 Å². The van der Waals surface area contributed by atoms with Crippen molar-refractivity contribution in [1.29, 1.82) is 0 Å². The number of alkyl halides is 2. The van der Waals surface area contributed by atoms with E-state index in [1.54, 1.807) is 17.8 Å². The Hall–Kier alpha value is -3.93. The molecule has 0 aliphatic heterocycles. The van der Waals surface area contributed by atoms with E-state index in [0.29, 0.717) is 33.2 Å². The molecule has 0 saturated heterocycles. The predicted octanol–water partition coefficient (Wildman–Crippen LogP) is 3.84. The normalized spacial score (nSPS) is 12.0. The zero-order valence-corrected chi connectivity index (χ0v) is 17.3. The van der Waals surface area contributed by atoms with Gasteiger partial charge in [0, 0.05) is 10.9 Å². The molecule has 0 saturated carbocycles. The Morgan fingerprint density at radius 2 is 1.94 bits per heavy atom. The second-order valence-corrected chi connectivity index (χ2v) is 8.17. The van der Waals surface area contributed by atoms with Crippen LogP contribution in [0, 0.1) is 6.92 Å². The van der Waals surface area contributed by atoms with Crippen LogP contribution in [0.2, 0.25) is 0 Å². The van der Waals surface area contributed by atoms with Crippen LogP contribution in [0.5, 0.6) is 0 Å². The fourth-order valence-electron chi connectivity index (χ4n) is 3.60. The first kappa shape index (κ1) is 18.8. The molecule has 0 radical (unpaired) electrons. The number of benzene rings is 1. The molecular formula is C20H13F2N9S. The highest BCUT2D eigenvalue weighted by Gasteiger charge is 2.19. The Bertz CT molecular complexity index is 1600. The maximum atomic E-state index is 13.2. The summed E-state index contributed by atoms with van der Waals surface area (Å²) in [6, 6.07) is 10.9. The SMILES string of the molecule is Cc1cc(C(F)F)nc2sc3c(ncn4nc(Cn5nnc(-c6ccccc6)n5)nc34)c12. The molecule has 158 valence electrons. The summed E-state index contributed by atoms with van der Waals surface area (Å²) in [5, 5.41) is 17.8. The molecular weight excluding hydrogens is 436 g/mol. The number of hydrogen-bond acceptors (Lipinski definition) is 8. The number of hydrogen-bond donors (Lipinski definition) is 0. The van der Waals surface area contributed by atoms with Crippen LogP contribution in [0.25, 0.3) is 37.5 Å². The zero-order chi connectivity index (χ0) is 21.8. The van der Waals surface area contributed by atoms with Gasteiger partial charge in [0.2, 0.25) is 5.82 Å². The highest BCUT2D eigenvalue weighted by Crippen LogP contribution is 2.36. The minimum absolute atomic E-state index is 0.223. The first-order valence-electron chi connectivity index (χ1n) is 9.62. The molecule has 6 rings (SSSR count). The van der Waals surface area contributed by atoms with Gasteiger partial charge in [-0.1, -0.05) is 30.3 Å². The lowest BCUT2D eigenvalue weighted by atomic mass is 10.1. The van der Waals surface area contributed by atoms with Crippen molar-refractivity contribution in [2.75, 3.05) is 0 Å². The van der Waals surface area contributed by atoms with E-state index in [1.165, 1.54) is 22.2 Å². The number of rotatable bonds is 4. The first-order valence-corrected chi connectivity index (χ1v) is 10.4. The molecule has 0 bridgehead atoms. The molecule has 9 nitrogen and oxygen atoms in total. The van der Waals surface area contributed by atoms with Gasteiger partial charge >= 0.3 is 0 Å². The van der Waals surface area contributed by atoms with Gasteiger partial charge in [0.25, 0.3) is 6.43 Å². The molecule has 0 aliphatic carbocycles. The number of aryl methyl sites for hydroxylation is 1. The summed E-state index contributed by atoms with van der Waals surface area (Å²) in [6.45, 7) is 2.00. The van der Waals surface area contributed by atoms with Crippen molar-refractivity contribution < 1.29 is 8.78 Å². The highest BCUT2D eigenvalue weighted by molar-refractivity contribution is 7.26. The van der Waals surface area contributed by atoms with Crippen molar-refractivity contribution in [2.45, 2.75) is 19.9 Å². The second kappa shape index (κ2) is 7.05. The molecule has 0 N–H and O–H groups in total. The van der Waals surface area contributed by atoms with Crippen LogP contribution in [0.15, 0.2) is 42.7 Å². The van der Waals surface area contributed by atoms with Crippen molar-refractivity contribution >= 4 is 37.4 Å². The molecule has 0 atom stereocenters. The van der Waals surface area contributed by atoms with Gasteiger partial charge < -0.3 is 0 Å². The summed E-state index contributed by atoms with van der Waals surface area (Å²) in [7, 11) is 0. The molecule has 0 unspecified atom stereocenters. The molecule has 0 fully saturated rings. The summed E-state index contributed by atoms with van der Waals surface area (Å²) in [6.07, 6.45) is -1.07. The summed E-state index contributed by atoms with van der Waals surface area (Å²) in [4.78, 5) is 15.2. The Morgan fingerprint density at radius 1 is 1.09 bits per heavy atom. The maximum Gasteiger partial charge on any atom is 0.280 e. The third-order valence-corrected chi connectivity index (χ3v) is 6.09. The average Bonchev–Trinajstić information content (AvgIpc) is 3.50.